The summed E-state index contributed by atoms with van der Waals surface area (Å²) in [4.78, 5) is 12.3. The fourth-order valence-corrected chi connectivity index (χ4v) is 4.25. The summed E-state index contributed by atoms with van der Waals surface area (Å²) in [7, 11) is 1.60. The van der Waals surface area contributed by atoms with Crippen LogP contribution in [0.4, 0.5) is 0 Å². The molecule has 0 aromatic heterocycles. The lowest BCUT2D eigenvalue weighted by Gasteiger charge is -2.13. The average molecular weight is 454 g/mol. The lowest BCUT2D eigenvalue weighted by Crippen LogP contribution is -2.25. The van der Waals surface area contributed by atoms with Crippen molar-refractivity contribution in [1.82, 2.24) is 5.32 Å². The topological polar surface area (TPSA) is 72.3 Å². The molecule has 1 heterocycles. The van der Waals surface area contributed by atoms with Crippen molar-refractivity contribution in [2.45, 2.75) is 57.8 Å². The molecular weight excluding hydrogens is 422 g/mol. The van der Waals surface area contributed by atoms with Crippen LogP contribution in [0.15, 0.2) is 52.7 Å². The molecule has 6 nitrogen and oxygen atoms in total. The Morgan fingerprint density at radius 1 is 1.12 bits per heavy atom. The Hall–Kier alpha value is -2.80. The van der Waals surface area contributed by atoms with Crippen LogP contribution in [0.5, 0.6) is 11.5 Å². The maximum absolute atomic E-state index is 12.3. The van der Waals surface area contributed by atoms with Gasteiger partial charge >= 0.3 is 0 Å². The summed E-state index contributed by atoms with van der Waals surface area (Å²) in [6.07, 6.45) is 5.85. The minimum absolute atomic E-state index is 0.0316. The Labute approximate surface area is 194 Å². The number of rotatable bonds is 10. The van der Waals surface area contributed by atoms with Crippen LogP contribution in [0.3, 0.4) is 0 Å². The van der Waals surface area contributed by atoms with Crippen molar-refractivity contribution in [2.75, 3.05) is 7.11 Å². The maximum atomic E-state index is 12.3. The fraction of sp³-hybridized carbons (Fsp3) is 0.400. The summed E-state index contributed by atoms with van der Waals surface area (Å²) < 4.78 is 11.1. The van der Waals surface area contributed by atoms with Crippen LogP contribution in [0.25, 0.3) is 0 Å². The normalized spacial score (nSPS) is 17.3. The quantitative estimate of drug-likeness (QED) is 0.406. The summed E-state index contributed by atoms with van der Waals surface area (Å²) in [5, 5.41) is 11.5. The largest absolute Gasteiger partial charge is 0.493 e. The van der Waals surface area contributed by atoms with Crippen molar-refractivity contribution in [2.24, 2.45) is 10.2 Å². The molecule has 0 bridgehead atoms. The first-order valence-corrected chi connectivity index (χ1v) is 11.9. The van der Waals surface area contributed by atoms with Gasteiger partial charge in [0.1, 0.15) is 0 Å². The molecule has 7 heteroatoms. The van der Waals surface area contributed by atoms with Crippen molar-refractivity contribution in [3.05, 3.63) is 59.2 Å². The summed E-state index contributed by atoms with van der Waals surface area (Å²) in [5.41, 5.74) is 3.32. The van der Waals surface area contributed by atoms with Gasteiger partial charge in [-0.05, 0) is 68.0 Å². The van der Waals surface area contributed by atoms with Crippen LogP contribution in [0.2, 0.25) is 0 Å². The minimum atomic E-state index is -0.196. The number of ether oxygens (including phenoxy) is 2. The zero-order valence-electron chi connectivity index (χ0n) is 19.1. The van der Waals surface area contributed by atoms with Gasteiger partial charge in [-0.1, -0.05) is 49.4 Å². The number of aryl methyl sites for hydroxylation is 1. The molecule has 1 aliphatic heterocycles. The van der Waals surface area contributed by atoms with Crippen molar-refractivity contribution < 1.29 is 14.3 Å². The smallest absolute Gasteiger partial charge is 0.239 e. The van der Waals surface area contributed by atoms with E-state index in [1.807, 2.05) is 32.0 Å². The van der Waals surface area contributed by atoms with Gasteiger partial charge in [0, 0.05) is 0 Å². The molecule has 2 aromatic rings. The monoisotopic (exact) mass is 453 g/mol. The molecule has 0 radical (unpaired) electrons. The van der Waals surface area contributed by atoms with Crippen LogP contribution < -0.4 is 14.8 Å². The second-order valence-corrected chi connectivity index (χ2v) is 9.14. The van der Waals surface area contributed by atoms with E-state index in [1.165, 1.54) is 30.2 Å². The third kappa shape index (κ3) is 6.85. The van der Waals surface area contributed by atoms with Crippen molar-refractivity contribution in [3.8, 4) is 11.5 Å². The third-order valence-corrected chi connectivity index (χ3v) is 6.02. The van der Waals surface area contributed by atoms with E-state index in [9.17, 15) is 4.79 Å². The molecule has 1 aliphatic rings. The lowest BCUT2D eigenvalue weighted by atomic mass is 10.0. The Morgan fingerprint density at radius 2 is 1.88 bits per heavy atom. The Kier molecular flexibility index (Phi) is 8.73. The highest BCUT2D eigenvalue weighted by Gasteiger charge is 2.30. The van der Waals surface area contributed by atoms with Gasteiger partial charge in [0.2, 0.25) is 5.91 Å². The first kappa shape index (κ1) is 23.9. The van der Waals surface area contributed by atoms with Gasteiger partial charge in [-0.15, -0.1) is 5.10 Å². The molecule has 0 aliphatic carbocycles. The zero-order chi connectivity index (χ0) is 22.9. The molecule has 0 saturated carbocycles. The van der Waals surface area contributed by atoms with Gasteiger partial charge in [0.15, 0.2) is 16.7 Å². The number of benzene rings is 2. The molecule has 0 spiro atoms. The predicted molar refractivity (Wildman–Crippen MR) is 132 cm³/mol. The number of nitrogens with zero attached hydrogens (tertiary/aromatic N) is 2. The van der Waals surface area contributed by atoms with E-state index < -0.39 is 0 Å². The number of unbranched alkanes of at least 4 members (excludes halogenated alkanes) is 1. The number of carbonyl (C=O) groups is 1. The Morgan fingerprint density at radius 3 is 2.56 bits per heavy atom. The minimum Gasteiger partial charge on any atom is -0.493 e. The molecule has 1 N–H and O–H groups in total. The molecule has 1 saturated heterocycles. The summed E-state index contributed by atoms with van der Waals surface area (Å²) in [6, 6.07) is 14.1. The van der Waals surface area contributed by atoms with E-state index in [0.29, 0.717) is 23.1 Å². The van der Waals surface area contributed by atoms with Gasteiger partial charge in [-0.2, -0.15) is 5.10 Å². The van der Waals surface area contributed by atoms with Crippen LogP contribution in [0.1, 0.15) is 50.3 Å². The van der Waals surface area contributed by atoms with Gasteiger partial charge in [0.05, 0.1) is 24.7 Å². The van der Waals surface area contributed by atoms with Crippen molar-refractivity contribution in [3.63, 3.8) is 0 Å². The number of nitrogens with one attached hydrogen (secondary N) is 1. The summed E-state index contributed by atoms with van der Waals surface area (Å²) >= 11 is 1.41. The molecule has 1 amide bonds. The van der Waals surface area contributed by atoms with Crippen molar-refractivity contribution in [1.29, 1.82) is 0 Å². The second kappa shape index (κ2) is 11.7. The SMILES string of the molecule is CCCCc1ccc(CC2S/C(=N/N=C/c3ccc(OC(C)C)c(OC)c3)NC2=O)cc1. The highest BCUT2D eigenvalue weighted by molar-refractivity contribution is 8.15. The van der Waals surface area contributed by atoms with E-state index >= 15 is 0 Å². The van der Waals surface area contributed by atoms with Gasteiger partial charge in [0.25, 0.3) is 0 Å². The third-order valence-electron chi connectivity index (χ3n) is 4.95. The Balaban J connectivity index is 1.58. The summed E-state index contributed by atoms with van der Waals surface area (Å²) in [6.45, 7) is 6.13. The maximum Gasteiger partial charge on any atom is 0.239 e. The molecule has 1 atom stereocenters. The van der Waals surface area contributed by atoms with E-state index in [-0.39, 0.29) is 17.3 Å². The van der Waals surface area contributed by atoms with Crippen LogP contribution in [-0.4, -0.2) is 35.8 Å². The van der Waals surface area contributed by atoms with Gasteiger partial charge < -0.3 is 14.8 Å². The molecule has 32 heavy (non-hydrogen) atoms. The standard InChI is InChI=1S/C25H31N3O3S/c1-5-6-7-18-8-10-19(11-9-18)15-23-24(29)27-25(32-23)28-26-16-20-12-13-21(31-17(2)3)22(14-20)30-4/h8-14,16-17,23H,5-7,15H2,1-4H3,(H,27,28,29)/b26-16+. The molecule has 2 aromatic carbocycles. The first-order valence-electron chi connectivity index (χ1n) is 11.0. The predicted octanol–water partition coefficient (Wildman–Crippen LogP) is 4.99. The second-order valence-electron chi connectivity index (χ2n) is 7.95. The molecule has 3 rings (SSSR count). The Bertz CT molecular complexity index is 971. The molecule has 170 valence electrons. The number of amides is 1. The van der Waals surface area contributed by atoms with Crippen LogP contribution in [-0.2, 0) is 17.6 Å². The number of amidine groups is 1. The lowest BCUT2D eigenvalue weighted by molar-refractivity contribution is -0.118. The van der Waals surface area contributed by atoms with Crippen molar-refractivity contribution >= 4 is 29.1 Å². The first-order chi connectivity index (χ1) is 15.5. The van der Waals surface area contributed by atoms with E-state index in [4.69, 9.17) is 9.47 Å². The number of methoxy groups -OCH3 is 1. The number of thioether (sulfide) groups is 1. The molecular formula is C25H31N3O3S. The fourth-order valence-electron chi connectivity index (χ4n) is 3.29. The average Bonchev–Trinajstić information content (AvgIpc) is 3.12. The van der Waals surface area contributed by atoms with Gasteiger partial charge in [-0.3, -0.25) is 4.79 Å². The highest BCUT2D eigenvalue weighted by atomic mass is 32.2. The summed E-state index contributed by atoms with van der Waals surface area (Å²) in [5.74, 6) is 1.29. The van der Waals surface area contributed by atoms with Crippen LogP contribution in [0, 0.1) is 0 Å². The highest BCUT2D eigenvalue weighted by Crippen LogP contribution is 2.28. The molecule has 1 fully saturated rings. The number of hydrogen-bond acceptors (Lipinski definition) is 6. The van der Waals surface area contributed by atoms with Crippen LogP contribution >= 0.6 is 11.8 Å². The van der Waals surface area contributed by atoms with E-state index in [1.54, 1.807) is 13.3 Å². The number of carbonyl (C=O) groups excluding carboxylic acids is 1. The van der Waals surface area contributed by atoms with E-state index in [0.717, 1.165) is 17.5 Å². The van der Waals surface area contributed by atoms with E-state index in [2.05, 4.69) is 46.7 Å². The molecule has 1 unspecified atom stereocenters. The number of hydrogen-bond donors (Lipinski definition) is 1. The zero-order valence-corrected chi connectivity index (χ0v) is 19.9. The van der Waals surface area contributed by atoms with Gasteiger partial charge in [-0.25, -0.2) is 0 Å².